The van der Waals surface area contributed by atoms with Crippen LogP contribution < -0.4 is 4.90 Å². The molecule has 2 fully saturated rings. The maximum atomic E-state index is 12.1. The molecule has 3 nitrogen and oxygen atoms in total. The fraction of sp³-hybridized carbons (Fsp3) is 0.647. The minimum absolute atomic E-state index is 0.195. The third kappa shape index (κ3) is 2.83. The molecule has 4 unspecified atom stereocenters. The predicted octanol–water partition coefficient (Wildman–Crippen LogP) is 3.11. The Bertz CT molecular complexity index is 584. The number of rotatable bonds is 2. The van der Waals surface area contributed by atoms with Crippen molar-refractivity contribution in [2.24, 2.45) is 11.8 Å². The van der Waals surface area contributed by atoms with Crippen molar-refractivity contribution in [3.8, 4) is 0 Å². The van der Waals surface area contributed by atoms with E-state index < -0.39 is 9.84 Å². The smallest absolute Gasteiger partial charge is 0.153 e. The van der Waals surface area contributed by atoms with Crippen LogP contribution in [0.4, 0.5) is 5.69 Å². The molecule has 0 saturated carbocycles. The average molecular weight is 307 g/mol. The zero-order valence-corrected chi connectivity index (χ0v) is 13.7. The van der Waals surface area contributed by atoms with Gasteiger partial charge in [-0.05, 0) is 50.2 Å². The van der Waals surface area contributed by atoms with E-state index in [1.165, 1.54) is 12.1 Å². The maximum absolute atomic E-state index is 12.1. The average Bonchev–Trinajstić information content (AvgIpc) is 2.74. The molecule has 0 amide bonds. The quantitative estimate of drug-likeness (QED) is 0.842. The van der Waals surface area contributed by atoms with Crippen LogP contribution in [0.25, 0.3) is 0 Å². The summed E-state index contributed by atoms with van der Waals surface area (Å²) in [6.45, 7) is 5.25. The summed E-state index contributed by atoms with van der Waals surface area (Å²) >= 11 is 0. The lowest BCUT2D eigenvalue weighted by atomic mass is 9.82. The molecule has 4 heteroatoms. The SMILES string of the molecule is CC1CCN(c2ccccc2)C(C2CCS(=O)(=O)C2C)C1. The molecule has 2 saturated heterocycles. The van der Waals surface area contributed by atoms with Crippen molar-refractivity contribution in [3.05, 3.63) is 30.3 Å². The van der Waals surface area contributed by atoms with Crippen molar-refractivity contribution in [3.63, 3.8) is 0 Å². The summed E-state index contributed by atoms with van der Waals surface area (Å²) in [4.78, 5) is 2.46. The normalized spacial score (nSPS) is 35.8. The van der Waals surface area contributed by atoms with Crippen molar-refractivity contribution in [2.45, 2.75) is 44.4 Å². The van der Waals surface area contributed by atoms with Crippen LogP contribution in [-0.4, -0.2) is 32.0 Å². The van der Waals surface area contributed by atoms with Gasteiger partial charge in [0.25, 0.3) is 0 Å². The highest BCUT2D eigenvalue weighted by atomic mass is 32.2. The Morgan fingerprint density at radius 2 is 1.81 bits per heavy atom. The second kappa shape index (κ2) is 5.64. The molecule has 2 heterocycles. The number of hydrogen-bond acceptors (Lipinski definition) is 3. The van der Waals surface area contributed by atoms with Crippen LogP contribution in [0.1, 0.15) is 33.1 Å². The summed E-state index contributed by atoms with van der Waals surface area (Å²) in [6.07, 6.45) is 3.13. The predicted molar refractivity (Wildman–Crippen MR) is 87.3 cm³/mol. The molecule has 21 heavy (non-hydrogen) atoms. The maximum Gasteiger partial charge on any atom is 0.153 e. The van der Waals surface area contributed by atoms with E-state index in [9.17, 15) is 8.42 Å². The molecule has 1 aromatic rings. The molecular weight excluding hydrogens is 282 g/mol. The molecule has 0 radical (unpaired) electrons. The van der Waals surface area contributed by atoms with Crippen LogP contribution in [0.3, 0.4) is 0 Å². The number of nitrogens with zero attached hydrogens (tertiary/aromatic N) is 1. The van der Waals surface area contributed by atoms with Gasteiger partial charge in [0.15, 0.2) is 9.84 Å². The van der Waals surface area contributed by atoms with Crippen LogP contribution >= 0.6 is 0 Å². The zero-order chi connectivity index (χ0) is 15.0. The summed E-state index contributed by atoms with van der Waals surface area (Å²) < 4.78 is 24.2. The number of para-hydroxylation sites is 1. The van der Waals surface area contributed by atoms with Gasteiger partial charge < -0.3 is 4.90 Å². The molecule has 116 valence electrons. The van der Waals surface area contributed by atoms with E-state index in [0.717, 1.165) is 19.4 Å². The van der Waals surface area contributed by atoms with Crippen LogP contribution in [0.2, 0.25) is 0 Å². The lowest BCUT2D eigenvalue weighted by molar-refractivity contribution is 0.284. The second-order valence-corrected chi connectivity index (χ2v) is 9.23. The first-order valence-corrected chi connectivity index (χ1v) is 9.74. The molecule has 3 rings (SSSR count). The molecule has 0 aromatic heterocycles. The van der Waals surface area contributed by atoms with Gasteiger partial charge in [0.1, 0.15) is 0 Å². The first-order valence-electron chi connectivity index (χ1n) is 8.02. The third-order valence-electron chi connectivity index (χ3n) is 5.39. The molecule has 2 aliphatic rings. The third-order valence-corrected chi connectivity index (χ3v) is 7.68. The van der Waals surface area contributed by atoms with Crippen LogP contribution in [-0.2, 0) is 9.84 Å². The van der Waals surface area contributed by atoms with E-state index in [1.807, 2.05) is 13.0 Å². The number of sulfone groups is 1. The summed E-state index contributed by atoms with van der Waals surface area (Å²) in [5.74, 6) is 1.33. The van der Waals surface area contributed by atoms with Crippen molar-refractivity contribution in [2.75, 3.05) is 17.2 Å². The standard InChI is InChI=1S/C17H25NO2S/c1-13-8-10-18(15-6-4-3-5-7-15)17(12-13)16-9-11-21(19,20)14(16)2/h3-7,13-14,16-17H,8-12H2,1-2H3. The lowest BCUT2D eigenvalue weighted by Gasteiger charge is -2.44. The largest absolute Gasteiger partial charge is 0.368 e. The van der Waals surface area contributed by atoms with E-state index >= 15 is 0 Å². The molecule has 0 N–H and O–H groups in total. The zero-order valence-electron chi connectivity index (χ0n) is 12.9. The lowest BCUT2D eigenvalue weighted by Crippen LogP contribution is -2.48. The number of hydrogen-bond donors (Lipinski definition) is 0. The number of benzene rings is 1. The van der Waals surface area contributed by atoms with Gasteiger partial charge in [-0.2, -0.15) is 0 Å². The molecule has 1 aromatic carbocycles. The van der Waals surface area contributed by atoms with Gasteiger partial charge in [-0.15, -0.1) is 0 Å². The van der Waals surface area contributed by atoms with E-state index in [1.54, 1.807) is 0 Å². The van der Waals surface area contributed by atoms with Gasteiger partial charge in [0.05, 0.1) is 11.0 Å². The first-order chi connectivity index (χ1) is 9.99. The highest BCUT2D eigenvalue weighted by molar-refractivity contribution is 7.92. The summed E-state index contributed by atoms with van der Waals surface area (Å²) in [6, 6.07) is 10.8. The summed E-state index contributed by atoms with van der Waals surface area (Å²) in [7, 11) is -2.87. The van der Waals surface area contributed by atoms with Gasteiger partial charge in [-0.25, -0.2) is 8.42 Å². The van der Waals surface area contributed by atoms with E-state index in [2.05, 4.69) is 36.1 Å². The monoisotopic (exact) mass is 307 g/mol. The summed E-state index contributed by atoms with van der Waals surface area (Å²) in [5, 5.41) is -0.195. The first kappa shape index (κ1) is 14.9. The second-order valence-electron chi connectivity index (χ2n) is 6.75. The van der Waals surface area contributed by atoms with E-state index in [4.69, 9.17) is 0 Å². The Hall–Kier alpha value is -1.03. The summed E-state index contributed by atoms with van der Waals surface area (Å²) in [5.41, 5.74) is 1.24. The van der Waals surface area contributed by atoms with Gasteiger partial charge >= 0.3 is 0 Å². The Morgan fingerprint density at radius 3 is 2.43 bits per heavy atom. The Morgan fingerprint density at radius 1 is 1.10 bits per heavy atom. The van der Waals surface area contributed by atoms with Crippen molar-refractivity contribution < 1.29 is 8.42 Å². The molecule has 2 aliphatic heterocycles. The van der Waals surface area contributed by atoms with Gasteiger partial charge in [-0.1, -0.05) is 25.1 Å². The number of piperidine rings is 1. The topological polar surface area (TPSA) is 37.4 Å². The highest BCUT2D eigenvalue weighted by Gasteiger charge is 2.44. The molecule has 0 spiro atoms. The van der Waals surface area contributed by atoms with Gasteiger partial charge in [-0.3, -0.25) is 0 Å². The fourth-order valence-electron chi connectivity index (χ4n) is 4.02. The Kier molecular flexibility index (Phi) is 4.00. The van der Waals surface area contributed by atoms with Crippen LogP contribution in [0, 0.1) is 11.8 Å². The van der Waals surface area contributed by atoms with Gasteiger partial charge in [0, 0.05) is 18.3 Å². The van der Waals surface area contributed by atoms with Crippen LogP contribution in [0.15, 0.2) is 30.3 Å². The van der Waals surface area contributed by atoms with Gasteiger partial charge in [0.2, 0.25) is 0 Å². The number of anilines is 1. The Balaban J connectivity index is 1.89. The molecule has 0 aliphatic carbocycles. The molecule has 4 atom stereocenters. The minimum Gasteiger partial charge on any atom is -0.368 e. The highest BCUT2D eigenvalue weighted by Crippen LogP contribution is 2.39. The van der Waals surface area contributed by atoms with E-state index in [-0.39, 0.29) is 11.2 Å². The van der Waals surface area contributed by atoms with Crippen molar-refractivity contribution in [1.29, 1.82) is 0 Å². The Labute approximate surface area is 128 Å². The fourth-order valence-corrected chi connectivity index (χ4v) is 5.84. The molecular formula is C17H25NO2S. The minimum atomic E-state index is -2.87. The van der Waals surface area contributed by atoms with Crippen molar-refractivity contribution >= 4 is 15.5 Å². The van der Waals surface area contributed by atoms with E-state index in [0.29, 0.717) is 17.7 Å². The van der Waals surface area contributed by atoms with Crippen molar-refractivity contribution in [1.82, 2.24) is 0 Å². The molecule has 0 bridgehead atoms. The van der Waals surface area contributed by atoms with Crippen LogP contribution in [0.5, 0.6) is 0 Å².